The molecule has 2 N–H and O–H groups in total. The first-order valence-electron chi connectivity index (χ1n) is 10.0. The Hall–Kier alpha value is -1.88. The van der Waals surface area contributed by atoms with Crippen LogP contribution in [0.5, 0.6) is 5.75 Å². The molecule has 0 spiro atoms. The van der Waals surface area contributed by atoms with Crippen molar-refractivity contribution >= 4 is 44.8 Å². The number of methoxy groups -OCH3 is 1. The van der Waals surface area contributed by atoms with E-state index in [4.69, 9.17) is 32.7 Å². The number of halogens is 2. The van der Waals surface area contributed by atoms with E-state index < -0.39 is 15.9 Å². The number of hydrogen-bond donors (Lipinski definition) is 2. The fourth-order valence-electron chi connectivity index (χ4n) is 3.23. The third-order valence-electron chi connectivity index (χ3n) is 4.95. The Morgan fingerprint density at radius 2 is 1.91 bits per heavy atom. The molecule has 1 aliphatic heterocycles. The Morgan fingerprint density at radius 1 is 1.16 bits per heavy atom. The third kappa shape index (κ3) is 6.57. The summed E-state index contributed by atoms with van der Waals surface area (Å²) in [5, 5.41) is 3.24. The molecule has 1 saturated heterocycles. The second-order valence-electron chi connectivity index (χ2n) is 7.15. The summed E-state index contributed by atoms with van der Waals surface area (Å²) in [7, 11) is -2.34. The van der Waals surface area contributed by atoms with E-state index in [1.54, 1.807) is 6.07 Å². The third-order valence-corrected chi connectivity index (χ3v) is 6.96. The molecule has 2 aromatic rings. The summed E-state index contributed by atoms with van der Waals surface area (Å²) in [5.74, 6) is -0.201. The zero-order valence-electron chi connectivity index (χ0n) is 17.6. The first-order chi connectivity index (χ1) is 15.3. The molecular formula is C21H25Cl2N3O5S. The molecule has 32 heavy (non-hydrogen) atoms. The smallest absolute Gasteiger partial charge is 0.257 e. The molecular weight excluding hydrogens is 477 g/mol. The minimum Gasteiger partial charge on any atom is -0.495 e. The number of sulfonamides is 1. The largest absolute Gasteiger partial charge is 0.495 e. The number of anilines is 1. The second-order valence-corrected chi connectivity index (χ2v) is 9.76. The van der Waals surface area contributed by atoms with Crippen molar-refractivity contribution in [3.05, 3.63) is 52.0 Å². The molecule has 1 aliphatic rings. The summed E-state index contributed by atoms with van der Waals surface area (Å²) in [6.45, 7) is 4.20. The van der Waals surface area contributed by atoms with Gasteiger partial charge in [-0.1, -0.05) is 23.2 Å². The van der Waals surface area contributed by atoms with Crippen molar-refractivity contribution in [3.8, 4) is 5.75 Å². The maximum atomic E-state index is 12.7. The average Bonchev–Trinajstić information content (AvgIpc) is 2.77. The van der Waals surface area contributed by atoms with Crippen LogP contribution in [0.3, 0.4) is 0 Å². The number of carbonyl (C=O) groups is 1. The van der Waals surface area contributed by atoms with E-state index in [0.29, 0.717) is 37.0 Å². The summed E-state index contributed by atoms with van der Waals surface area (Å²) in [6.07, 6.45) is 0.675. The first kappa shape index (κ1) is 24.8. The fraction of sp³-hybridized carbons (Fsp3) is 0.381. The van der Waals surface area contributed by atoms with Crippen molar-refractivity contribution in [1.82, 2.24) is 9.62 Å². The van der Waals surface area contributed by atoms with Crippen molar-refractivity contribution in [3.63, 3.8) is 0 Å². The minimum absolute atomic E-state index is 0.0159. The van der Waals surface area contributed by atoms with Crippen LogP contribution in [0.1, 0.15) is 16.8 Å². The molecule has 3 rings (SSSR count). The van der Waals surface area contributed by atoms with Crippen LogP contribution in [0, 0.1) is 0 Å². The van der Waals surface area contributed by atoms with E-state index in [0.717, 1.165) is 19.6 Å². The van der Waals surface area contributed by atoms with Crippen LogP contribution in [0.2, 0.25) is 10.0 Å². The predicted molar refractivity (Wildman–Crippen MR) is 124 cm³/mol. The Bertz CT molecular complexity index is 1060. The van der Waals surface area contributed by atoms with Gasteiger partial charge in [0.15, 0.2) is 0 Å². The number of benzene rings is 2. The molecule has 11 heteroatoms. The normalized spacial score (nSPS) is 14.8. The highest BCUT2D eigenvalue weighted by Crippen LogP contribution is 2.29. The van der Waals surface area contributed by atoms with Crippen LogP contribution in [-0.4, -0.2) is 65.7 Å². The lowest BCUT2D eigenvalue weighted by Gasteiger charge is -2.26. The Labute approximate surface area is 197 Å². The Balaban J connectivity index is 1.67. The first-order valence-corrected chi connectivity index (χ1v) is 12.3. The lowest BCUT2D eigenvalue weighted by molar-refractivity contribution is 0.0376. The monoisotopic (exact) mass is 501 g/mol. The number of ether oxygens (including phenoxy) is 2. The molecule has 1 heterocycles. The average molecular weight is 502 g/mol. The molecule has 0 saturated carbocycles. The number of nitrogens with one attached hydrogen (secondary N) is 2. The Morgan fingerprint density at radius 3 is 2.59 bits per heavy atom. The molecule has 0 radical (unpaired) electrons. The molecule has 1 amide bonds. The van der Waals surface area contributed by atoms with Gasteiger partial charge in [0.05, 0.1) is 41.5 Å². The fourth-order valence-corrected chi connectivity index (χ4v) is 4.83. The van der Waals surface area contributed by atoms with Crippen LogP contribution in [0.4, 0.5) is 5.69 Å². The number of carbonyl (C=O) groups excluding carboxylic acids is 1. The Kier molecular flexibility index (Phi) is 8.75. The molecule has 0 aromatic heterocycles. The van der Waals surface area contributed by atoms with Gasteiger partial charge in [0.25, 0.3) is 5.91 Å². The van der Waals surface area contributed by atoms with Crippen molar-refractivity contribution in [2.24, 2.45) is 0 Å². The zero-order chi connectivity index (χ0) is 23.1. The summed E-state index contributed by atoms with van der Waals surface area (Å²) in [6, 6.07) is 8.75. The van der Waals surface area contributed by atoms with Crippen LogP contribution in [0.25, 0.3) is 0 Å². The number of amides is 1. The highest BCUT2D eigenvalue weighted by Gasteiger charge is 2.19. The van der Waals surface area contributed by atoms with Crippen molar-refractivity contribution < 1.29 is 22.7 Å². The molecule has 174 valence electrons. The maximum absolute atomic E-state index is 12.7. The van der Waals surface area contributed by atoms with E-state index in [1.807, 2.05) is 0 Å². The lowest BCUT2D eigenvalue weighted by atomic mass is 10.2. The van der Waals surface area contributed by atoms with Gasteiger partial charge in [-0.05, 0) is 49.4 Å². The van der Waals surface area contributed by atoms with Gasteiger partial charge >= 0.3 is 0 Å². The molecule has 0 unspecified atom stereocenters. The summed E-state index contributed by atoms with van der Waals surface area (Å²) in [4.78, 5) is 14.9. The maximum Gasteiger partial charge on any atom is 0.257 e. The van der Waals surface area contributed by atoms with Crippen LogP contribution >= 0.6 is 23.2 Å². The lowest BCUT2D eigenvalue weighted by Crippen LogP contribution is -2.38. The van der Waals surface area contributed by atoms with Gasteiger partial charge in [0, 0.05) is 24.7 Å². The van der Waals surface area contributed by atoms with Crippen molar-refractivity contribution in [2.45, 2.75) is 11.3 Å². The summed E-state index contributed by atoms with van der Waals surface area (Å²) in [5.41, 5.74) is 0.410. The molecule has 0 bridgehead atoms. The van der Waals surface area contributed by atoms with E-state index in [1.165, 1.54) is 37.4 Å². The van der Waals surface area contributed by atoms with Gasteiger partial charge in [-0.2, -0.15) is 0 Å². The van der Waals surface area contributed by atoms with Gasteiger partial charge in [0.2, 0.25) is 10.0 Å². The SMILES string of the molecule is COc1ccc(S(=O)(=O)NCCCN2CCOCC2)cc1NC(=O)c1ccc(Cl)cc1Cl. The van der Waals surface area contributed by atoms with Crippen LogP contribution < -0.4 is 14.8 Å². The van der Waals surface area contributed by atoms with Gasteiger partial charge in [-0.25, -0.2) is 13.1 Å². The molecule has 2 aromatic carbocycles. The van der Waals surface area contributed by atoms with Gasteiger partial charge in [-0.3, -0.25) is 9.69 Å². The van der Waals surface area contributed by atoms with Crippen LogP contribution in [0.15, 0.2) is 41.3 Å². The number of morpholine rings is 1. The summed E-state index contributed by atoms with van der Waals surface area (Å²) < 4.78 is 38.7. The van der Waals surface area contributed by atoms with E-state index in [-0.39, 0.29) is 21.2 Å². The van der Waals surface area contributed by atoms with Gasteiger partial charge < -0.3 is 14.8 Å². The second kappa shape index (κ2) is 11.3. The minimum atomic E-state index is -3.77. The van der Waals surface area contributed by atoms with Crippen LogP contribution in [-0.2, 0) is 14.8 Å². The van der Waals surface area contributed by atoms with Crippen molar-refractivity contribution in [2.75, 3.05) is 51.8 Å². The number of rotatable bonds is 9. The molecule has 0 atom stereocenters. The zero-order valence-corrected chi connectivity index (χ0v) is 19.9. The van der Waals surface area contributed by atoms with E-state index >= 15 is 0 Å². The molecule has 0 aliphatic carbocycles. The van der Waals surface area contributed by atoms with E-state index in [2.05, 4.69) is 14.9 Å². The van der Waals surface area contributed by atoms with Gasteiger partial charge in [-0.15, -0.1) is 0 Å². The van der Waals surface area contributed by atoms with E-state index in [9.17, 15) is 13.2 Å². The topological polar surface area (TPSA) is 97.0 Å². The quantitative estimate of drug-likeness (QED) is 0.511. The standard InChI is InChI=1S/C21H25Cl2N3O5S/c1-30-20-6-4-16(32(28,29)24-7-2-8-26-9-11-31-12-10-26)14-19(20)25-21(27)17-5-3-15(22)13-18(17)23/h3-6,13-14,24H,2,7-12H2,1H3,(H,25,27). The number of hydrogen-bond acceptors (Lipinski definition) is 6. The molecule has 8 nitrogen and oxygen atoms in total. The predicted octanol–water partition coefficient (Wildman–Crippen LogP) is 3.25. The number of nitrogens with zero attached hydrogens (tertiary/aromatic N) is 1. The van der Waals surface area contributed by atoms with Gasteiger partial charge in [0.1, 0.15) is 5.75 Å². The van der Waals surface area contributed by atoms with Crippen molar-refractivity contribution in [1.29, 1.82) is 0 Å². The summed E-state index contributed by atoms with van der Waals surface area (Å²) >= 11 is 12.0. The highest BCUT2D eigenvalue weighted by atomic mass is 35.5. The highest BCUT2D eigenvalue weighted by molar-refractivity contribution is 7.89. The molecule has 1 fully saturated rings.